The zero-order chi connectivity index (χ0) is 15.8. The van der Waals surface area contributed by atoms with Crippen LogP contribution in [0, 0.1) is 0 Å². The summed E-state index contributed by atoms with van der Waals surface area (Å²) < 4.78 is 15.9. The molecule has 2 fully saturated rings. The minimum absolute atomic E-state index is 0.207. The first kappa shape index (κ1) is 17.0. The van der Waals surface area contributed by atoms with Gasteiger partial charge in [-0.2, -0.15) is 0 Å². The highest BCUT2D eigenvalue weighted by molar-refractivity contribution is 4.97. The quantitative estimate of drug-likeness (QED) is 0.313. The van der Waals surface area contributed by atoms with Crippen molar-refractivity contribution in [1.82, 2.24) is 0 Å². The van der Waals surface area contributed by atoms with Gasteiger partial charge in [0.25, 0.3) is 0 Å². The summed E-state index contributed by atoms with van der Waals surface area (Å²) in [6.07, 6.45) is -8.31. The standard InChI is InChI=1S/C12H22O9/c1-5-2-6(15)8(16)11(19-5)21-12(4-14)10(18)9(17)7(3-13)20-12/h5-11,13-18H,2-4H2,1H3/t5-,6+,7-,8-,9-,10+,11-,12-/m1/s1. The van der Waals surface area contributed by atoms with Gasteiger partial charge < -0.3 is 44.8 Å². The third-order valence-electron chi connectivity index (χ3n) is 3.83. The van der Waals surface area contributed by atoms with E-state index in [0.29, 0.717) is 0 Å². The lowest BCUT2D eigenvalue weighted by Crippen LogP contribution is -2.57. The molecular weight excluding hydrogens is 288 g/mol. The second kappa shape index (κ2) is 6.41. The van der Waals surface area contributed by atoms with E-state index in [-0.39, 0.29) is 6.42 Å². The molecule has 0 aromatic heterocycles. The predicted molar refractivity (Wildman–Crippen MR) is 65.8 cm³/mol. The van der Waals surface area contributed by atoms with E-state index in [1.165, 1.54) is 0 Å². The van der Waals surface area contributed by atoms with Crippen LogP contribution in [0.5, 0.6) is 0 Å². The van der Waals surface area contributed by atoms with Crippen LogP contribution in [0.2, 0.25) is 0 Å². The average Bonchev–Trinajstić information content (AvgIpc) is 2.69. The number of hydrogen-bond acceptors (Lipinski definition) is 9. The van der Waals surface area contributed by atoms with Gasteiger partial charge in [0, 0.05) is 6.42 Å². The maximum atomic E-state index is 9.99. The molecule has 0 aromatic rings. The van der Waals surface area contributed by atoms with E-state index in [4.69, 9.17) is 19.3 Å². The molecule has 124 valence electrons. The third-order valence-corrected chi connectivity index (χ3v) is 3.83. The van der Waals surface area contributed by atoms with E-state index < -0.39 is 61.9 Å². The van der Waals surface area contributed by atoms with Crippen LogP contribution in [0.4, 0.5) is 0 Å². The molecule has 0 unspecified atom stereocenters. The minimum Gasteiger partial charge on any atom is -0.394 e. The van der Waals surface area contributed by atoms with Crippen LogP contribution in [0.3, 0.4) is 0 Å². The van der Waals surface area contributed by atoms with Crippen molar-refractivity contribution in [2.75, 3.05) is 13.2 Å². The largest absolute Gasteiger partial charge is 0.394 e. The highest BCUT2D eigenvalue weighted by Crippen LogP contribution is 2.35. The van der Waals surface area contributed by atoms with Crippen molar-refractivity contribution >= 4 is 0 Å². The van der Waals surface area contributed by atoms with Crippen molar-refractivity contribution in [3.63, 3.8) is 0 Å². The summed E-state index contributed by atoms with van der Waals surface area (Å²) >= 11 is 0. The highest BCUT2D eigenvalue weighted by atomic mass is 16.8. The van der Waals surface area contributed by atoms with Crippen LogP contribution in [0.15, 0.2) is 0 Å². The molecule has 8 atom stereocenters. The summed E-state index contributed by atoms with van der Waals surface area (Å²) in [4.78, 5) is 0. The van der Waals surface area contributed by atoms with Crippen LogP contribution in [-0.2, 0) is 14.2 Å². The maximum Gasteiger partial charge on any atom is 0.224 e. The smallest absolute Gasteiger partial charge is 0.224 e. The fourth-order valence-corrected chi connectivity index (χ4v) is 2.59. The normalized spacial score (nSPS) is 51.3. The average molecular weight is 310 g/mol. The molecule has 0 aromatic carbocycles. The molecular formula is C12H22O9. The van der Waals surface area contributed by atoms with Gasteiger partial charge in [-0.25, -0.2) is 0 Å². The molecule has 21 heavy (non-hydrogen) atoms. The zero-order valence-corrected chi connectivity index (χ0v) is 11.6. The van der Waals surface area contributed by atoms with Gasteiger partial charge in [-0.3, -0.25) is 0 Å². The lowest BCUT2D eigenvalue weighted by atomic mass is 10.0. The Hall–Kier alpha value is -0.360. The molecule has 2 heterocycles. The second-order valence-electron chi connectivity index (χ2n) is 5.47. The van der Waals surface area contributed by atoms with E-state index >= 15 is 0 Å². The molecule has 2 aliphatic rings. The van der Waals surface area contributed by atoms with Crippen molar-refractivity contribution in [2.24, 2.45) is 0 Å². The molecule has 9 nitrogen and oxygen atoms in total. The Bertz CT molecular complexity index is 354. The van der Waals surface area contributed by atoms with Crippen molar-refractivity contribution in [1.29, 1.82) is 0 Å². The Morgan fingerprint density at radius 3 is 2.33 bits per heavy atom. The summed E-state index contributed by atoms with van der Waals surface area (Å²) in [5.41, 5.74) is 0. The van der Waals surface area contributed by atoms with Gasteiger partial charge in [0.15, 0.2) is 6.29 Å². The van der Waals surface area contributed by atoms with Gasteiger partial charge in [0.05, 0.1) is 18.8 Å². The van der Waals surface area contributed by atoms with Crippen molar-refractivity contribution in [3.05, 3.63) is 0 Å². The van der Waals surface area contributed by atoms with Crippen LogP contribution in [0.1, 0.15) is 13.3 Å². The number of aliphatic hydroxyl groups excluding tert-OH is 6. The highest BCUT2D eigenvalue weighted by Gasteiger charge is 2.57. The SMILES string of the molecule is C[C@@H]1C[C@H](O)[C@@H](O)[C@@H](O[C@@]2(CO)O[C@H](CO)[C@@H](O)[C@@H]2O)O1. The molecule has 0 spiro atoms. The van der Waals surface area contributed by atoms with Crippen molar-refractivity contribution in [2.45, 2.75) is 62.0 Å². The molecule has 0 amide bonds. The topological polar surface area (TPSA) is 149 Å². The summed E-state index contributed by atoms with van der Waals surface area (Å²) in [5.74, 6) is -2.05. The molecule has 0 saturated carbocycles. The molecule has 2 rings (SSSR count). The number of ether oxygens (including phenoxy) is 3. The Morgan fingerprint density at radius 2 is 1.81 bits per heavy atom. The number of aliphatic hydroxyl groups is 6. The van der Waals surface area contributed by atoms with E-state index in [9.17, 15) is 25.5 Å². The molecule has 2 aliphatic heterocycles. The van der Waals surface area contributed by atoms with E-state index in [1.54, 1.807) is 6.92 Å². The van der Waals surface area contributed by atoms with Crippen molar-refractivity contribution < 1.29 is 44.8 Å². The summed E-state index contributed by atoms with van der Waals surface area (Å²) in [6, 6.07) is 0. The summed E-state index contributed by atoms with van der Waals surface area (Å²) in [7, 11) is 0. The van der Waals surface area contributed by atoms with Crippen LogP contribution >= 0.6 is 0 Å². The van der Waals surface area contributed by atoms with Gasteiger partial charge in [-0.05, 0) is 6.92 Å². The molecule has 0 aliphatic carbocycles. The van der Waals surface area contributed by atoms with E-state index in [2.05, 4.69) is 0 Å². The fraction of sp³-hybridized carbons (Fsp3) is 1.00. The molecule has 9 heteroatoms. The second-order valence-corrected chi connectivity index (χ2v) is 5.47. The zero-order valence-electron chi connectivity index (χ0n) is 11.6. The third kappa shape index (κ3) is 3.07. The van der Waals surface area contributed by atoms with Crippen LogP contribution in [-0.4, -0.2) is 92.6 Å². The van der Waals surface area contributed by atoms with Gasteiger partial charge in [-0.15, -0.1) is 0 Å². The summed E-state index contributed by atoms with van der Waals surface area (Å²) in [5, 5.41) is 57.8. The first-order valence-electron chi connectivity index (χ1n) is 6.79. The lowest BCUT2D eigenvalue weighted by Gasteiger charge is -2.40. The number of hydrogen-bond donors (Lipinski definition) is 6. The first-order chi connectivity index (χ1) is 9.84. The predicted octanol–water partition coefficient (Wildman–Crippen LogP) is -3.34. The van der Waals surface area contributed by atoms with Gasteiger partial charge in [-0.1, -0.05) is 0 Å². The van der Waals surface area contributed by atoms with Crippen molar-refractivity contribution in [3.8, 4) is 0 Å². The Balaban J connectivity index is 2.15. The Labute approximate surface area is 121 Å². The lowest BCUT2D eigenvalue weighted by molar-refractivity contribution is -0.371. The molecule has 0 radical (unpaired) electrons. The Kier molecular flexibility index (Phi) is 5.19. The summed E-state index contributed by atoms with van der Waals surface area (Å²) in [6.45, 7) is 0.240. The molecule has 6 N–H and O–H groups in total. The maximum absolute atomic E-state index is 9.99. The van der Waals surface area contributed by atoms with Crippen LogP contribution in [0.25, 0.3) is 0 Å². The first-order valence-corrected chi connectivity index (χ1v) is 6.79. The van der Waals surface area contributed by atoms with E-state index in [0.717, 1.165) is 0 Å². The molecule has 2 saturated heterocycles. The minimum atomic E-state index is -2.05. The molecule has 0 bridgehead atoms. The van der Waals surface area contributed by atoms with E-state index in [1.807, 2.05) is 0 Å². The van der Waals surface area contributed by atoms with Crippen LogP contribution < -0.4 is 0 Å². The number of rotatable bonds is 4. The van der Waals surface area contributed by atoms with Gasteiger partial charge in [0.1, 0.15) is 31.0 Å². The Morgan fingerprint density at radius 1 is 1.14 bits per heavy atom. The fourth-order valence-electron chi connectivity index (χ4n) is 2.59. The monoisotopic (exact) mass is 310 g/mol. The van der Waals surface area contributed by atoms with Gasteiger partial charge in [0.2, 0.25) is 5.79 Å². The van der Waals surface area contributed by atoms with Gasteiger partial charge >= 0.3 is 0 Å².